The molecule has 2 aromatic heterocycles. The van der Waals surface area contributed by atoms with E-state index in [1.54, 1.807) is 12.1 Å². The van der Waals surface area contributed by atoms with Crippen molar-refractivity contribution in [2.45, 2.75) is 6.18 Å². The lowest BCUT2D eigenvalue weighted by molar-refractivity contribution is -0.137. The molecule has 0 atom stereocenters. The monoisotopic (exact) mass is 451 g/mol. The highest BCUT2D eigenvalue weighted by Crippen LogP contribution is 2.33. The number of aromatic nitrogens is 2. The Hall–Kier alpha value is -2.62. The molecule has 31 heavy (non-hydrogen) atoms. The third-order valence-electron chi connectivity index (χ3n) is 4.98. The van der Waals surface area contributed by atoms with Crippen molar-refractivity contribution in [3.8, 4) is 0 Å². The van der Waals surface area contributed by atoms with Gasteiger partial charge in [-0.25, -0.2) is 9.97 Å². The van der Waals surface area contributed by atoms with Crippen LogP contribution in [0.25, 0.3) is 10.9 Å². The van der Waals surface area contributed by atoms with Crippen LogP contribution < -0.4 is 10.6 Å². The first-order valence-electron chi connectivity index (χ1n) is 9.84. The van der Waals surface area contributed by atoms with Gasteiger partial charge in [0.15, 0.2) is 0 Å². The Balaban J connectivity index is 1.58. The van der Waals surface area contributed by atoms with Crippen LogP contribution in [0.5, 0.6) is 0 Å². The molecular formula is C21H21ClF3N5O. The van der Waals surface area contributed by atoms with Gasteiger partial charge in [0.1, 0.15) is 11.6 Å². The molecule has 0 unspecified atom stereocenters. The van der Waals surface area contributed by atoms with Gasteiger partial charge in [0.2, 0.25) is 0 Å². The minimum absolute atomic E-state index is 0.0491. The highest BCUT2D eigenvalue weighted by Gasteiger charge is 2.30. The van der Waals surface area contributed by atoms with Crippen molar-refractivity contribution in [2.24, 2.45) is 0 Å². The predicted octanol–water partition coefficient (Wildman–Crippen LogP) is 4.79. The molecule has 1 aliphatic rings. The highest BCUT2D eigenvalue weighted by atomic mass is 35.5. The summed E-state index contributed by atoms with van der Waals surface area (Å²) in [6, 6.07) is 9.08. The Bertz CT molecular complexity index is 1060. The zero-order chi connectivity index (χ0) is 21.8. The Kier molecular flexibility index (Phi) is 6.45. The molecular weight excluding hydrogens is 431 g/mol. The average molecular weight is 452 g/mol. The highest BCUT2D eigenvalue weighted by molar-refractivity contribution is 6.35. The van der Waals surface area contributed by atoms with Gasteiger partial charge in [-0.05, 0) is 18.2 Å². The topological polar surface area (TPSA) is 62.3 Å². The number of para-hydroxylation sites is 1. The van der Waals surface area contributed by atoms with E-state index in [0.717, 1.165) is 62.3 Å². The molecule has 0 bridgehead atoms. The van der Waals surface area contributed by atoms with E-state index in [2.05, 4.69) is 25.5 Å². The van der Waals surface area contributed by atoms with E-state index in [4.69, 9.17) is 16.3 Å². The van der Waals surface area contributed by atoms with Crippen LogP contribution in [0.4, 0.5) is 30.5 Å². The molecule has 1 fully saturated rings. The smallest absolute Gasteiger partial charge is 0.383 e. The lowest BCUT2D eigenvalue weighted by Crippen LogP contribution is -2.39. The number of alkyl halides is 3. The maximum Gasteiger partial charge on any atom is 0.416 e. The summed E-state index contributed by atoms with van der Waals surface area (Å²) < 4.78 is 44.4. The van der Waals surface area contributed by atoms with Crippen LogP contribution >= 0.6 is 11.6 Å². The van der Waals surface area contributed by atoms with Gasteiger partial charge in [0.25, 0.3) is 0 Å². The molecule has 4 rings (SSSR count). The fraction of sp³-hybridized carbons (Fsp3) is 0.333. The summed E-state index contributed by atoms with van der Waals surface area (Å²) in [5.74, 6) is 0.397. The zero-order valence-corrected chi connectivity index (χ0v) is 17.3. The molecule has 0 aliphatic carbocycles. The second kappa shape index (κ2) is 9.25. The van der Waals surface area contributed by atoms with Crippen molar-refractivity contribution in [1.29, 1.82) is 0 Å². The van der Waals surface area contributed by atoms with Gasteiger partial charge >= 0.3 is 6.18 Å². The number of halogens is 4. The molecule has 1 aliphatic heterocycles. The van der Waals surface area contributed by atoms with Gasteiger partial charge in [0, 0.05) is 49.5 Å². The number of pyridine rings is 2. The lowest BCUT2D eigenvalue weighted by atomic mass is 10.1. The summed E-state index contributed by atoms with van der Waals surface area (Å²) in [5, 5.41) is 7.55. The maximum absolute atomic E-state index is 13.0. The van der Waals surface area contributed by atoms with Crippen molar-refractivity contribution in [3.05, 3.63) is 53.2 Å². The fourth-order valence-electron chi connectivity index (χ4n) is 3.40. The van der Waals surface area contributed by atoms with Gasteiger partial charge in [-0.15, -0.1) is 0 Å². The normalized spacial score (nSPS) is 15.2. The molecule has 0 spiro atoms. The Morgan fingerprint density at radius 2 is 1.90 bits per heavy atom. The van der Waals surface area contributed by atoms with Crippen molar-refractivity contribution < 1.29 is 17.9 Å². The van der Waals surface area contributed by atoms with Gasteiger partial charge in [-0.1, -0.05) is 23.7 Å². The van der Waals surface area contributed by atoms with Gasteiger partial charge in [-0.2, -0.15) is 13.2 Å². The number of rotatable bonds is 6. The van der Waals surface area contributed by atoms with Gasteiger partial charge < -0.3 is 15.4 Å². The Morgan fingerprint density at radius 1 is 1.10 bits per heavy atom. The molecule has 3 heterocycles. The number of ether oxygens (including phenoxy) is 1. The second-order valence-electron chi connectivity index (χ2n) is 7.12. The van der Waals surface area contributed by atoms with E-state index in [9.17, 15) is 13.2 Å². The number of fused-ring (bicyclic) bond motifs is 1. The van der Waals surface area contributed by atoms with Crippen molar-refractivity contribution >= 4 is 39.8 Å². The fourth-order valence-corrected chi connectivity index (χ4v) is 3.62. The minimum Gasteiger partial charge on any atom is -0.383 e. The van der Waals surface area contributed by atoms with Gasteiger partial charge in [-0.3, -0.25) is 4.90 Å². The molecule has 10 heteroatoms. The molecule has 6 nitrogen and oxygen atoms in total. The zero-order valence-electron chi connectivity index (χ0n) is 16.5. The quantitative estimate of drug-likeness (QED) is 0.562. The molecule has 1 aromatic carbocycles. The average Bonchev–Trinajstić information content (AvgIpc) is 2.75. The van der Waals surface area contributed by atoms with E-state index in [1.165, 1.54) is 0 Å². The van der Waals surface area contributed by atoms with Gasteiger partial charge in [0.05, 0.1) is 29.3 Å². The summed E-state index contributed by atoms with van der Waals surface area (Å²) in [4.78, 5) is 10.8. The number of nitrogens with one attached hydrogen (secondary N) is 2. The largest absolute Gasteiger partial charge is 0.416 e. The molecule has 0 saturated carbocycles. The molecule has 2 N–H and O–H groups in total. The van der Waals surface area contributed by atoms with E-state index in [-0.39, 0.29) is 5.82 Å². The van der Waals surface area contributed by atoms with Crippen LogP contribution in [0, 0.1) is 0 Å². The Labute approximate surface area is 182 Å². The predicted molar refractivity (Wildman–Crippen MR) is 115 cm³/mol. The summed E-state index contributed by atoms with van der Waals surface area (Å²) >= 11 is 6.34. The van der Waals surface area contributed by atoms with Crippen LogP contribution in [0.15, 0.2) is 42.6 Å². The van der Waals surface area contributed by atoms with Crippen molar-refractivity contribution in [1.82, 2.24) is 14.9 Å². The SMILES string of the molecule is FC(F)(F)c1ccnc(Nc2cc(NCCN3CCOCC3)c3cccc(Cl)c3n2)c1. The van der Waals surface area contributed by atoms with Crippen molar-refractivity contribution in [2.75, 3.05) is 50.0 Å². The van der Waals surface area contributed by atoms with Crippen LogP contribution in [0.2, 0.25) is 5.02 Å². The first-order chi connectivity index (χ1) is 14.9. The number of nitrogens with zero attached hydrogens (tertiary/aromatic N) is 3. The van der Waals surface area contributed by atoms with Crippen LogP contribution in [-0.2, 0) is 10.9 Å². The number of morpholine rings is 1. The molecule has 164 valence electrons. The van der Waals surface area contributed by atoms with E-state index >= 15 is 0 Å². The van der Waals surface area contributed by atoms with Crippen LogP contribution in [0.1, 0.15) is 5.56 Å². The molecule has 3 aromatic rings. The number of hydrogen-bond acceptors (Lipinski definition) is 6. The second-order valence-corrected chi connectivity index (χ2v) is 7.53. The summed E-state index contributed by atoms with van der Waals surface area (Å²) in [6.45, 7) is 4.76. The van der Waals surface area contributed by atoms with Crippen molar-refractivity contribution in [3.63, 3.8) is 0 Å². The number of benzene rings is 1. The third-order valence-corrected chi connectivity index (χ3v) is 5.29. The van der Waals surface area contributed by atoms with Crippen LogP contribution in [0.3, 0.4) is 0 Å². The summed E-state index contributed by atoms with van der Waals surface area (Å²) in [5.41, 5.74) is 0.554. The Morgan fingerprint density at radius 3 is 2.68 bits per heavy atom. The number of anilines is 3. The lowest BCUT2D eigenvalue weighted by Gasteiger charge is -2.26. The van der Waals surface area contributed by atoms with E-state index < -0.39 is 11.7 Å². The van der Waals surface area contributed by atoms with Crippen LogP contribution in [-0.4, -0.2) is 54.3 Å². The molecule has 0 radical (unpaired) electrons. The minimum atomic E-state index is -4.45. The maximum atomic E-state index is 13.0. The standard InChI is InChI=1S/C21H21ClF3N5O/c22-16-3-1-2-15-17(26-6-7-30-8-10-31-11-9-30)13-19(29-20(15)16)28-18-12-14(4-5-27-18)21(23,24)25/h1-5,12-13H,6-11H2,(H2,26,27,28,29). The number of hydrogen-bond donors (Lipinski definition) is 2. The van der Waals surface area contributed by atoms with E-state index in [1.807, 2.05) is 12.1 Å². The molecule has 1 saturated heterocycles. The first-order valence-corrected chi connectivity index (χ1v) is 10.2. The molecule has 0 amide bonds. The summed E-state index contributed by atoms with van der Waals surface area (Å²) in [6.07, 6.45) is -3.34. The van der Waals surface area contributed by atoms with E-state index in [0.29, 0.717) is 22.9 Å². The third kappa shape index (κ3) is 5.36. The first kappa shape index (κ1) is 21.6. The summed E-state index contributed by atoms with van der Waals surface area (Å²) in [7, 11) is 0.